The van der Waals surface area contributed by atoms with Crippen LogP contribution in [0.5, 0.6) is 0 Å². The summed E-state index contributed by atoms with van der Waals surface area (Å²) in [6, 6.07) is 0.509. The van der Waals surface area contributed by atoms with Crippen LogP contribution in [0.2, 0.25) is 0 Å². The van der Waals surface area contributed by atoms with Gasteiger partial charge in [-0.05, 0) is 33.0 Å². The van der Waals surface area contributed by atoms with Gasteiger partial charge in [0.25, 0.3) is 0 Å². The van der Waals surface area contributed by atoms with E-state index in [1.165, 1.54) is 0 Å². The molecule has 1 N–H and O–H groups in total. The molecule has 94 valence electrons. The first-order valence-corrected chi connectivity index (χ1v) is 6.21. The lowest BCUT2D eigenvalue weighted by Crippen LogP contribution is -2.39. The van der Waals surface area contributed by atoms with Gasteiger partial charge in [0.2, 0.25) is 5.91 Å². The molecule has 16 heavy (non-hydrogen) atoms. The highest BCUT2D eigenvalue weighted by molar-refractivity contribution is 5.78. The van der Waals surface area contributed by atoms with E-state index in [9.17, 15) is 4.79 Å². The number of likely N-dealkylation sites (N-methyl/N-ethyl adjacent to an activating group) is 1. The maximum absolute atomic E-state index is 11.9. The molecule has 4 heteroatoms. The molecule has 1 saturated heterocycles. The van der Waals surface area contributed by atoms with Gasteiger partial charge in [0.15, 0.2) is 0 Å². The number of likely N-dealkylation sites (tertiary alicyclic amines) is 1. The molecule has 0 aromatic rings. The second kappa shape index (κ2) is 6.21. The molecule has 0 saturated carbocycles. The van der Waals surface area contributed by atoms with E-state index in [0.29, 0.717) is 18.5 Å². The van der Waals surface area contributed by atoms with Crippen molar-refractivity contribution in [3.8, 4) is 0 Å². The van der Waals surface area contributed by atoms with E-state index in [0.717, 1.165) is 26.1 Å². The van der Waals surface area contributed by atoms with Gasteiger partial charge in [-0.2, -0.15) is 0 Å². The highest BCUT2D eigenvalue weighted by atomic mass is 16.2. The van der Waals surface area contributed by atoms with Crippen molar-refractivity contribution in [2.75, 3.05) is 40.3 Å². The van der Waals surface area contributed by atoms with Crippen molar-refractivity contribution in [3.63, 3.8) is 0 Å². The fraction of sp³-hybridized carbons (Fsp3) is 0.917. The fourth-order valence-electron chi connectivity index (χ4n) is 2.31. The highest BCUT2D eigenvalue weighted by Gasteiger charge is 2.33. The summed E-state index contributed by atoms with van der Waals surface area (Å²) in [4.78, 5) is 16.1. The van der Waals surface area contributed by atoms with Crippen LogP contribution in [0.1, 0.15) is 20.3 Å². The van der Waals surface area contributed by atoms with Crippen molar-refractivity contribution >= 4 is 5.91 Å². The molecule has 1 amide bonds. The number of carbonyl (C=O) groups is 1. The molecule has 0 aromatic carbocycles. The summed E-state index contributed by atoms with van der Waals surface area (Å²) in [5.41, 5.74) is 0. The van der Waals surface area contributed by atoms with Crippen LogP contribution in [-0.2, 0) is 4.79 Å². The average Bonchev–Trinajstić information content (AvgIpc) is 2.60. The summed E-state index contributed by atoms with van der Waals surface area (Å²) in [5.74, 6) is 0.815. The second-order valence-corrected chi connectivity index (χ2v) is 4.98. The van der Waals surface area contributed by atoms with Crippen LogP contribution >= 0.6 is 0 Å². The van der Waals surface area contributed by atoms with Gasteiger partial charge < -0.3 is 15.1 Å². The number of hydrogen-bond acceptors (Lipinski definition) is 3. The van der Waals surface area contributed by atoms with Crippen molar-refractivity contribution < 1.29 is 4.79 Å². The van der Waals surface area contributed by atoms with E-state index >= 15 is 0 Å². The standard InChI is InChI=1S/C12H25N3O/c1-5-6-13-7-12(16)15-8-10(2)11(9-15)14(3)4/h10-11,13H,5-9H2,1-4H3. The summed E-state index contributed by atoms with van der Waals surface area (Å²) in [5, 5.41) is 3.17. The molecule has 0 radical (unpaired) electrons. The smallest absolute Gasteiger partial charge is 0.236 e. The van der Waals surface area contributed by atoms with Crippen LogP contribution in [0, 0.1) is 5.92 Å². The third-order valence-corrected chi connectivity index (χ3v) is 3.29. The van der Waals surface area contributed by atoms with Gasteiger partial charge in [-0.3, -0.25) is 4.79 Å². The van der Waals surface area contributed by atoms with E-state index in [4.69, 9.17) is 0 Å². The van der Waals surface area contributed by atoms with Crippen LogP contribution in [-0.4, -0.2) is 62.0 Å². The summed E-state index contributed by atoms with van der Waals surface area (Å²) >= 11 is 0. The van der Waals surface area contributed by atoms with Crippen LogP contribution in [0.4, 0.5) is 0 Å². The lowest BCUT2D eigenvalue weighted by molar-refractivity contribution is -0.129. The number of nitrogens with zero attached hydrogens (tertiary/aromatic N) is 2. The molecule has 1 fully saturated rings. The van der Waals surface area contributed by atoms with Crippen LogP contribution in [0.15, 0.2) is 0 Å². The van der Waals surface area contributed by atoms with Crippen molar-refractivity contribution in [2.45, 2.75) is 26.3 Å². The maximum Gasteiger partial charge on any atom is 0.236 e. The third kappa shape index (κ3) is 3.46. The van der Waals surface area contributed by atoms with Gasteiger partial charge in [-0.15, -0.1) is 0 Å². The predicted molar refractivity (Wildman–Crippen MR) is 66.4 cm³/mol. The van der Waals surface area contributed by atoms with Gasteiger partial charge in [0.1, 0.15) is 0 Å². The third-order valence-electron chi connectivity index (χ3n) is 3.29. The fourth-order valence-corrected chi connectivity index (χ4v) is 2.31. The van der Waals surface area contributed by atoms with Crippen LogP contribution < -0.4 is 5.32 Å². The Morgan fingerprint density at radius 2 is 2.12 bits per heavy atom. The van der Waals surface area contributed by atoms with Gasteiger partial charge >= 0.3 is 0 Å². The molecule has 0 aliphatic carbocycles. The van der Waals surface area contributed by atoms with Gasteiger partial charge in [-0.1, -0.05) is 13.8 Å². The molecule has 1 aliphatic rings. The zero-order valence-electron chi connectivity index (χ0n) is 11.0. The Bertz CT molecular complexity index is 230. The zero-order valence-corrected chi connectivity index (χ0v) is 11.0. The molecule has 1 rings (SSSR count). The number of hydrogen-bond donors (Lipinski definition) is 1. The van der Waals surface area contributed by atoms with Crippen LogP contribution in [0.25, 0.3) is 0 Å². The van der Waals surface area contributed by atoms with Crippen molar-refractivity contribution in [2.24, 2.45) is 5.92 Å². The Balaban J connectivity index is 2.36. The minimum atomic E-state index is 0.240. The van der Waals surface area contributed by atoms with Crippen LogP contribution in [0.3, 0.4) is 0 Å². The first-order chi connectivity index (χ1) is 7.56. The summed E-state index contributed by atoms with van der Waals surface area (Å²) in [6.45, 7) is 7.51. The Hall–Kier alpha value is -0.610. The summed E-state index contributed by atoms with van der Waals surface area (Å²) < 4.78 is 0. The predicted octanol–water partition coefficient (Wildman–Crippen LogP) is 0.395. The van der Waals surface area contributed by atoms with E-state index in [1.807, 2.05) is 4.90 Å². The molecule has 2 atom stereocenters. The Morgan fingerprint density at radius 1 is 1.44 bits per heavy atom. The lowest BCUT2D eigenvalue weighted by atomic mass is 10.1. The number of amides is 1. The van der Waals surface area contributed by atoms with E-state index in [1.54, 1.807) is 0 Å². The van der Waals surface area contributed by atoms with Crippen molar-refractivity contribution in [1.29, 1.82) is 0 Å². The number of nitrogens with one attached hydrogen (secondary N) is 1. The Morgan fingerprint density at radius 3 is 2.62 bits per heavy atom. The molecule has 4 nitrogen and oxygen atoms in total. The topological polar surface area (TPSA) is 35.6 Å². The van der Waals surface area contributed by atoms with Gasteiger partial charge in [0.05, 0.1) is 6.54 Å². The van der Waals surface area contributed by atoms with Crippen molar-refractivity contribution in [1.82, 2.24) is 15.1 Å². The molecule has 0 spiro atoms. The SMILES string of the molecule is CCCNCC(=O)N1CC(C)C(N(C)C)C1. The maximum atomic E-state index is 11.9. The summed E-state index contributed by atoms with van der Waals surface area (Å²) in [6.07, 6.45) is 1.07. The molecule has 0 bridgehead atoms. The molecule has 1 heterocycles. The Kier molecular flexibility index (Phi) is 5.22. The minimum absolute atomic E-state index is 0.240. The van der Waals surface area contributed by atoms with E-state index < -0.39 is 0 Å². The first kappa shape index (κ1) is 13.5. The van der Waals surface area contributed by atoms with Gasteiger partial charge in [-0.25, -0.2) is 0 Å². The largest absolute Gasteiger partial charge is 0.340 e. The molecular weight excluding hydrogens is 202 g/mol. The molecule has 0 aromatic heterocycles. The monoisotopic (exact) mass is 227 g/mol. The van der Waals surface area contributed by atoms with Gasteiger partial charge in [0, 0.05) is 19.1 Å². The lowest BCUT2D eigenvalue weighted by Gasteiger charge is -2.22. The van der Waals surface area contributed by atoms with E-state index in [-0.39, 0.29) is 5.91 Å². The number of carbonyl (C=O) groups excluding carboxylic acids is 1. The average molecular weight is 227 g/mol. The quantitative estimate of drug-likeness (QED) is 0.690. The summed E-state index contributed by atoms with van der Waals surface area (Å²) in [7, 11) is 4.18. The highest BCUT2D eigenvalue weighted by Crippen LogP contribution is 2.19. The molecular formula is C12H25N3O. The number of rotatable bonds is 5. The molecule has 1 aliphatic heterocycles. The normalized spacial score (nSPS) is 25.4. The first-order valence-electron chi connectivity index (χ1n) is 6.21. The minimum Gasteiger partial charge on any atom is -0.340 e. The van der Waals surface area contributed by atoms with Crippen molar-refractivity contribution in [3.05, 3.63) is 0 Å². The zero-order chi connectivity index (χ0) is 12.1. The molecule has 2 unspecified atom stereocenters. The van der Waals surface area contributed by atoms with E-state index in [2.05, 4.69) is 38.2 Å². The Labute approximate surface area is 99.0 Å². The second-order valence-electron chi connectivity index (χ2n) is 4.98.